The first-order valence-corrected chi connectivity index (χ1v) is 11.6. The van der Waals surface area contributed by atoms with Gasteiger partial charge in [-0.15, -0.1) is 0 Å². The summed E-state index contributed by atoms with van der Waals surface area (Å²) in [5.41, 5.74) is 1.02. The molecule has 0 radical (unpaired) electrons. The molecule has 4 amide bonds. The summed E-state index contributed by atoms with van der Waals surface area (Å²) in [7, 11) is 1.72. The minimum absolute atomic E-state index is 0.0565. The fourth-order valence-electron chi connectivity index (χ4n) is 4.44. The van der Waals surface area contributed by atoms with E-state index in [1.54, 1.807) is 36.2 Å². The van der Waals surface area contributed by atoms with Gasteiger partial charge in [0.15, 0.2) is 0 Å². The van der Waals surface area contributed by atoms with Crippen molar-refractivity contribution in [3.63, 3.8) is 0 Å². The molecule has 2 aliphatic rings. The number of hydrogen-bond donors (Lipinski definition) is 3. The van der Waals surface area contributed by atoms with Gasteiger partial charge >= 0.3 is 6.03 Å². The Morgan fingerprint density at radius 1 is 1.11 bits per heavy atom. The molecule has 0 aromatic heterocycles. The number of amides is 4. The van der Waals surface area contributed by atoms with E-state index in [1.165, 1.54) is 18.2 Å². The lowest BCUT2D eigenvalue weighted by Crippen LogP contribution is -2.54. The molecule has 2 aromatic rings. The summed E-state index contributed by atoms with van der Waals surface area (Å²) in [6, 6.07) is 9.58. The van der Waals surface area contributed by atoms with Gasteiger partial charge < -0.3 is 30.3 Å². The van der Waals surface area contributed by atoms with Gasteiger partial charge in [0.25, 0.3) is 5.91 Å². The number of carbonyl (C=O) groups is 3. The number of carbonyl (C=O) groups excluding carboxylic acids is 3. The van der Waals surface area contributed by atoms with E-state index in [9.17, 15) is 18.8 Å². The maximum Gasteiger partial charge on any atom is 0.323 e. The number of halogens is 1. The zero-order chi connectivity index (χ0) is 24.9. The van der Waals surface area contributed by atoms with Crippen LogP contribution in [0.4, 0.5) is 20.6 Å². The summed E-state index contributed by atoms with van der Waals surface area (Å²) in [5, 5.41) is 8.00. The van der Waals surface area contributed by atoms with Gasteiger partial charge in [-0.2, -0.15) is 0 Å². The molecule has 2 aromatic carbocycles. The van der Waals surface area contributed by atoms with Crippen molar-refractivity contribution in [1.82, 2.24) is 10.2 Å². The average Bonchev–Trinajstić information content (AvgIpc) is 2.82. The van der Waals surface area contributed by atoms with Crippen LogP contribution in [-0.4, -0.2) is 61.2 Å². The SMILES string of the molecule is CCNC(=O)C[C@H]1CC[C@H]2[C@@H](COc3ccc(NC(=O)Nc4cccc(F)c4)cc3C(=O)N2C)O1. The number of likely N-dealkylation sites (N-methyl/N-ethyl adjacent to an activating group) is 1. The number of nitrogens with zero attached hydrogens (tertiary/aromatic N) is 1. The van der Waals surface area contributed by atoms with Crippen LogP contribution >= 0.6 is 0 Å². The van der Waals surface area contributed by atoms with Crippen molar-refractivity contribution in [1.29, 1.82) is 0 Å². The number of benzene rings is 2. The van der Waals surface area contributed by atoms with Gasteiger partial charge in [0.1, 0.15) is 24.3 Å². The predicted octanol–water partition coefficient (Wildman–Crippen LogP) is 3.38. The van der Waals surface area contributed by atoms with Crippen LogP contribution in [0.15, 0.2) is 42.5 Å². The molecule has 1 fully saturated rings. The molecule has 2 heterocycles. The molecule has 1 saturated heterocycles. The normalized spacial score (nSPS) is 21.5. The first-order chi connectivity index (χ1) is 16.8. The molecule has 35 heavy (non-hydrogen) atoms. The van der Waals surface area contributed by atoms with E-state index < -0.39 is 11.8 Å². The number of hydrogen-bond acceptors (Lipinski definition) is 5. The quantitative estimate of drug-likeness (QED) is 0.603. The van der Waals surface area contributed by atoms with Gasteiger partial charge in [-0.05, 0) is 56.2 Å². The Hall–Kier alpha value is -3.66. The standard InChI is InChI=1S/C25H29FN4O5/c1-3-27-23(31)13-18-8-9-20-22(35-18)14-34-21-10-7-17(12-19(21)24(32)30(20)2)29-25(33)28-16-6-4-5-15(26)11-16/h4-7,10-12,18,20,22H,3,8-9,13-14H2,1-2H3,(H,27,31)(H2,28,29,33)/t18-,20+,22-/m1/s1. The van der Waals surface area contributed by atoms with Crippen molar-refractivity contribution in [2.45, 2.75) is 44.4 Å². The molecule has 10 heteroatoms. The molecule has 0 bridgehead atoms. The van der Waals surface area contributed by atoms with Gasteiger partial charge in [-0.1, -0.05) is 6.07 Å². The van der Waals surface area contributed by atoms with Crippen molar-refractivity contribution in [2.24, 2.45) is 0 Å². The van der Waals surface area contributed by atoms with Gasteiger partial charge in [-0.3, -0.25) is 9.59 Å². The summed E-state index contributed by atoms with van der Waals surface area (Å²) >= 11 is 0. The summed E-state index contributed by atoms with van der Waals surface area (Å²) in [5.74, 6) is -0.394. The molecule has 2 aliphatic heterocycles. The predicted molar refractivity (Wildman–Crippen MR) is 128 cm³/mol. The third-order valence-corrected chi connectivity index (χ3v) is 6.14. The van der Waals surface area contributed by atoms with E-state index >= 15 is 0 Å². The number of fused-ring (bicyclic) bond motifs is 2. The number of ether oxygens (including phenoxy) is 2. The highest BCUT2D eigenvalue weighted by molar-refractivity contribution is 6.02. The minimum Gasteiger partial charge on any atom is -0.490 e. The molecular weight excluding hydrogens is 455 g/mol. The van der Waals surface area contributed by atoms with Crippen LogP contribution in [0.2, 0.25) is 0 Å². The van der Waals surface area contributed by atoms with Crippen LogP contribution < -0.4 is 20.7 Å². The first kappa shape index (κ1) is 24.5. The number of rotatable bonds is 5. The average molecular weight is 485 g/mol. The maximum atomic E-state index is 13.4. The van der Waals surface area contributed by atoms with Crippen LogP contribution in [0, 0.1) is 5.82 Å². The Balaban J connectivity index is 1.45. The minimum atomic E-state index is -0.568. The smallest absolute Gasteiger partial charge is 0.323 e. The molecule has 0 unspecified atom stereocenters. The second-order valence-corrected chi connectivity index (χ2v) is 8.63. The topological polar surface area (TPSA) is 109 Å². The van der Waals surface area contributed by atoms with E-state index in [1.807, 2.05) is 6.92 Å². The van der Waals surface area contributed by atoms with Crippen molar-refractivity contribution < 1.29 is 28.2 Å². The Labute approximate surface area is 203 Å². The molecule has 3 N–H and O–H groups in total. The van der Waals surface area contributed by atoms with Crippen molar-refractivity contribution >= 4 is 29.2 Å². The lowest BCUT2D eigenvalue weighted by Gasteiger charge is -2.42. The molecule has 0 aliphatic carbocycles. The summed E-state index contributed by atoms with van der Waals surface area (Å²) in [6.07, 6.45) is 1.03. The molecule has 3 atom stereocenters. The van der Waals surface area contributed by atoms with Crippen LogP contribution in [0.1, 0.15) is 36.5 Å². The lowest BCUT2D eigenvalue weighted by atomic mass is 9.94. The van der Waals surface area contributed by atoms with E-state index in [2.05, 4.69) is 16.0 Å². The third kappa shape index (κ3) is 5.89. The van der Waals surface area contributed by atoms with Crippen LogP contribution in [0.5, 0.6) is 5.75 Å². The molecule has 0 spiro atoms. The van der Waals surface area contributed by atoms with Crippen molar-refractivity contribution in [3.05, 3.63) is 53.8 Å². The Kier molecular flexibility index (Phi) is 7.50. The largest absolute Gasteiger partial charge is 0.490 e. The number of anilines is 2. The first-order valence-electron chi connectivity index (χ1n) is 11.6. The van der Waals surface area contributed by atoms with E-state index in [4.69, 9.17) is 9.47 Å². The fourth-order valence-corrected chi connectivity index (χ4v) is 4.44. The van der Waals surface area contributed by atoms with E-state index in [0.29, 0.717) is 42.1 Å². The Bertz CT molecular complexity index is 1110. The van der Waals surface area contributed by atoms with Crippen LogP contribution in [-0.2, 0) is 9.53 Å². The number of nitrogens with one attached hydrogen (secondary N) is 3. The second kappa shape index (κ2) is 10.7. The Morgan fingerprint density at radius 3 is 2.63 bits per heavy atom. The second-order valence-electron chi connectivity index (χ2n) is 8.63. The highest BCUT2D eigenvalue weighted by Gasteiger charge is 2.39. The van der Waals surface area contributed by atoms with Gasteiger partial charge in [0.2, 0.25) is 5.91 Å². The zero-order valence-electron chi connectivity index (χ0n) is 19.7. The molecular formula is C25H29FN4O5. The zero-order valence-corrected chi connectivity index (χ0v) is 19.7. The fraction of sp³-hybridized carbons (Fsp3) is 0.400. The van der Waals surface area contributed by atoms with Crippen molar-refractivity contribution in [3.8, 4) is 5.75 Å². The maximum absolute atomic E-state index is 13.4. The summed E-state index contributed by atoms with van der Waals surface area (Å²) < 4.78 is 25.4. The molecule has 0 saturated carbocycles. The number of urea groups is 1. The monoisotopic (exact) mass is 484 g/mol. The van der Waals surface area contributed by atoms with Gasteiger partial charge in [0, 0.05) is 25.0 Å². The molecule has 9 nitrogen and oxygen atoms in total. The van der Waals surface area contributed by atoms with Crippen molar-refractivity contribution in [2.75, 3.05) is 30.8 Å². The third-order valence-electron chi connectivity index (χ3n) is 6.14. The molecule has 4 rings (SSSR count). The lowest BCUT2D eigenvalue weighted by molar-refractivity contribution is -0.133. The highest BCUT2D eigenvalue weighted by atomic mass is 19.1. The van der Waals surface area contributed by atoms with Crippen LogP contribution in [0.25, 0.3) is 0 Å². The van der Waals surface area contributed by atoms with E-state index in [-0.39, 0.29) is 43.1 Å². The highest BCUT2D eigenvalue weighted by Crippen LogP contribution is 2.32. The summed E-state index contributed by atoms with van der Waals surface area (Å²) in [4.78, 5) is 39.3. The van der Waals surface area contributed by atoms with Crippen LogP contribution in [0.3, 0.4) is 0 Å². The van der Waals surface area contributed by atoms with Gasteiger partial charge in [-0.25, -0.2) is 9.18 Å². The summed E-state index contributed by atoms with van der Waals surface area (Å²) in [6.45, 7) is 2.67. The van der Waals surface area contributed by atoms with E-state index in [0.717, 1.165) is 0 Å². The van der Waals surface area contributed by atoms with Gasteiger partial charge in [0.05, 0.1) is 24.1 Å². The Morgan fingerprint density at radius 2 is 1.89 bits per heavy atom. The molecule has 186 valence electrons.